The van der Waals surface area contributed by atoms with Gasteiger partial charge in [0.15, 0.2) is 0 Å². The Hall–Kier alpha value is -2.04. The summed E-state index contributed by atoms with van der Waals surface area (Å²) in [5.74, 6) is 0.0178. The van der Waals surface area contributed by atoms with Crippen LogP contribution in [0.15, 0.2) is 18.2 Å². The molecule has 0 saturated carbocycles. The molecule has 0 aliphatic carbocycles. The van der Waals surface area contributed by atoms with Crippen LogP contribution in [0.2, 0.25) is 0 Å². The topological polar surface area (TPSA) is 74.4 Å². The van der Waals surface area contributed by atoms with Gasteiger partial charge in [0.05, 0.1) is 25.1 Å². The Bertz CT molecular complexity index is 402. The Kier molecular flexibility index (Phi) is 4.32. The molecule has 0 amide bonds. The van der Waals surface area contributed by atoms with E-state index in [1.165, 1.54) is 19.3 Å². The summed E-state index contributed by atoms with van der Waals surface area (Å²) in [6.45, 7) is 2.08. The number of carbonyl (C=O) groups excluding carboxylic acids is 1. The van der Waals surface area contributed by atoms with Crippen LogP contribution in [0.4, 0.5) is 5.69 Å². The molecule has 5 nitrogen and oxygen atoms in total. The minimum atomic E-state index is -0.425. The molecule has 0 saturated heterocycles. The number of nitrogen functional groups attached to an aromatic ring is 1. The Labute approximate surface area is 93.9 Å². The first kappa shape index (κ1) is 12.0. The molecule has 0 aliphatic rings. The van der Waals surface area contributed by atoms with E-state index in [-0.39, 0.29) is 0 Å². The first-order valence-electron chi connectivity index (χ1n) is 4.82. The van der Waals surface area contributed by atoms with Crippen molar-refractivity contribution < 1.29 is 14.3 Å². The highest BCUT2D eigenvalue weighted by atomic mass is 16.5. The molecule has 1 rings (SSSR count). The van der Waals surface area contributed by atoms with Crippen LogP contribution < -0.4 is 10.5 Å². The molecule has 0 spiro atoms. The zero-order valence-electron chi connectivity index (χ0n) is 9.27. The van der Waals surface area contributed by atoms with Gasteiger partial charge in [-0.1, -0.05) is 0 Å². The third kappa shape index (κ3) is 3.27. The van der Waals surface area contributed by atoms with E-state index in [1.54, 1.807) is 19.1 Å². The van der Waals surface area contributed by atoms with Crippen LogP contribution in [-0.4, -0.2) is 24.7 Å². The number of hydrogen-bond donors (Lipinski definition) is 1. The molecule has 0 atom stereocenters. The lowest BCUT2D eigenvalue weighted by Gasteiger charge is -2.02. The van der Waals surface area contributed by atoms with E-state index in [0.29, 0.717) is 23.9 Å². The van der Waals surface area contributed by atoms with E-state index in [1.807, 2.05) is 0 Å². The van der Waals surface area contributed by atoms with Crippen LogP contribution in [0.5, 0.6) is 5.88 Å². The fraction of sp³-hybridized carbons (Fsp3) is 0.273. The average molecular weight is 222 g/mol. The summed E-state index contributed by atoms with van der Waals surface area (Å²) in [5, 5.41) is 0. The van der Waals surface area contributed by atoms with Gasteiger partial charge in [0.2, 0.25) is 5.88 Å². The minimum absolute atomic E-state index is 0.337. The molecule has 1 heterocycles. The summed E-state index contributed by atoms with van der Waals surface area (Å²) in [6, 6.07) is 3.31. The summed E-state index contributed by atoms with van der Waals surface area (Å²) in [7, 11) is 1.51. The Balaban J connectivity index is 2.83. The van der Waals surface area contributed by atoms with Crippen molar-refractivity contribution in [3.8, 4) is 5.88 Å². The molecule has 5 heteroatoms. The monoisotopic (exact) mass is 222 g/mol. The molecule has 0 radical (unpaired) electrons. The van der Waals surface area contributed by atoms with Gasteiger partial charge in [-0.05, 0) is 19.1 Å². The predicted octanol–water partition coefficient (Wildman–Crippen LogP) is 1.25. The van der Waals surface area contributed by atoms with Gasteiger partial charge in [0.1, 0.15) is 0 Å². The van der Waals surface area contributed by atoms with Crippen LogP contribution in [0.3, 0.4) is 0 Å². The van der Waals surface area contributed by atoms with Gasteiger partial charge in [-0.25, -0.2) is 9.78 Å². The van der Waals surface area contributed by atoms with Crippen LogP contribution in [0.1, 0.15) is 12.6 Å². The minimum Gasteiger partial charge on any atom is -0.481 e. The highest BCUT2D eigenvalue weighted by Crippen LogP contribution is 2.15. The molecule has 0 bridgehead atoms. The van der Waals surface area contributed by atoms with Crippen molar-refractivity contribution in [2.45, 2.75) is 6.92 Å². The van der Waals surface area contributed by atoms with Gasteiger partial charge in [0.25, 0.3) is 0 Å². The van der Waals surface area contributed by atoms with E-state index in [2.05, 4.69) is 4.98 Å². The van der Waals surface area contributed by atoms with Gasteiger partial charge in [-0.3, -0.25) is 0 Å². The smallest absolute Gasteiger partial charge is 0.330 e. The Morgan fingerprint density at radius 1 is 1.56 bits per heavy atom. The number of esters is 1. The number of anilines is 1. The normalized spacial score (nSPS) is 10.4. The van der Waals surface area contributed by atoms with Gasteiger partial charge in [-0.2, -0.15) is 0 Å². The second-order valence-corrected chi connectivity index (χ2v) is 2.91. The third-order valence-corrected chi connectivity index (χ3v) is 1.80. The number of carbonyl (C=O) groups is 1. The van der Waals surface area contributed by atoms with E-state index < -0.39 is 5.97 Å². The number of nitrogens with two attached hydrogens (primary N) is 1. The predicted molar refractivity (Wildman–Crippen MR) is 60.9 cm³/mol. The van der Waals surface area contributed by atoms with Crippen molar-refractivity contribution in [2.75, 3.05) is 19.5 Å². The van der Waals surface area contributed by atoms with Crippen molar-refractivity contribution in [1.29, 1.82) is 0 Å². The fourth-order valence-corrected chi connectivity index (χ4v) is 1.05. The number of aromatic nitrogens is 1. The van der Waals surface area contributed by atoms with E-state index in [0.717, 1.165) is 0 Å². The maximum atomic E-state index is 11.1. The summed E-state index contributed by atoms with van der Waals surface area (Å²) in [5.41, 5.74) is 6.64. The molecule has 0 aromatic carbocycles. The first-order valence-corrected chi connectivity index (χ1v) is 4.82. The quantitative estimate of drug-likeness (QED) is 0.613. The number of pyridine rings is 1. The maximum absolute atomic E-state index is 11.1. The SMILES string of the molecule is CCOC(=O)C=Cc1nc(OC)ccc1N. The number of ether oxygens (including phenoxy) is 2. The lowest BCUT2D eigenvalue weighted by atomic mass is 10.3. The van der Waals surface area contributed by atoms with Crippen LogP contribution in [0.25, 0.3) is 6.08 Å². The third-order valence-electron chi connectivity index (χ3n) is 1.80. The summed E-state index contributed by atoms with van der Waals surface area (Å²) >= 11 is 0. The highest BCUT2D eigenvalue weighted by Gasteiger charge is 2.01. The molecule has 0 fully saturated rings. The number of hydrogen-bond acceptors (Lipinski definition) is 5. The lowest BCUT2D eigenvalue weighted by molar-refractivity contribution is -0.137. The van der Waals surface area contributed by atoms with Gasteiger partial charge >= 0.3 is 5.97 Å². The molecule has 2 N–H and O–H groups in total. The zero-order valence-corrected chi connectivity index (χ0v) is 9.27. The number of nitrogens with zero attached hydrogens (tertiary/aromatic N) is 1. The fourth-order valence-electron chi connectivity index (χ4n) is 1.05. The van der Waals surface area contributed by atoms with Crippen molar-refractivity contribution in [3.05, 3.63) is 23.9 Å². The van der Waals surface area contributed by atoms with E-state index in [9.17, 15) is 4.79 Å². The van der Waals surface area contributed by atoms with Crippen molar-refractivity contribution >= 4 is 17.7 Å². The number of rotatable bonds is 4. The summed E-state index contributed by atoms with van der Waals surface area (Å²) < 4.78 is 9.68. The van der Waals surface area contributed by atoms with E-state index in [4.69, 9.17) is 15.2 Å². The summed E-state index contributed by atoms with van der Waals surface area (Å²) in [4.78, 5) is 15.2. The van der Waals surface area contributed by atoms with Crippen LogP contribution in [-0.2, 0) is 9.53 Å². The van der Waals surface area contributed by atoms with Gasteiger partial charge in [-0.15, -0.1) is 0 Å². The van der Waals surface area contributed by atoms with Crippen molar-refractivity contribution in [3.63, 3.8) is 0 Å². The maximum Gasteiger partial charge on any atom is 0.330 e. The molecule has 0 aliphatic heterocycles. The Morgan fingerprint density at radius 3 is 2.94 bits per heavy atom. The molecule has 1 aromatic heterocycles. The first-order chi connectivity index (χ1) is 7.67. The van der Waals surface area contributed by atoms with Crippen molar-refractivity contribution in [2.24, 2.45) is 0 Å². The Morgan fingerprint density at radius 2 is 2.31 bits per heavy atom. The van der Waals surface area contributed by atoms with Crippen LogP contribution in [0, 0.1) is 0 Å². The molecule has 0 unspecified atom stereocenters. The molecular formula is C11H14N2O3. The van der Waals surface area contributed by atoms with Crippen LogP contribution >= 0.6 is 0 Å². The largest absolute Gasteiger partial charge is 0.481 e. The van der Waals surface area contributed by atoms with E-state index >= 15 is 0 Å². The molecule has 16 heavy (non-hydrogen) atoms. The zero-order chi connectivity index (χ0) is 12.0. The second-order valence-electron chi connectivity index (χ2n) is 2.91. The lowest BCUT2D eigenvalue weighted by Crippen LogP contribution is -2.00. The molecule has 86 valence electrons. The van der Waals surface area contributed by atoms with Gasteiger partial charge < -0.3 is 15.2 Å². The second kappa shape index (κ2) is 5.75. The molecule has 1 aromatic rings. The molecular weight excluding hydrogens is 208 g/mol. The standard InChI is InChI=1S/C11H14N2O3/c1-3-16-11(14)7-5-9-8(12)4-6-10(13-9)15-2/h4-7H,3,12H2,1-2H3. The van der Waals surface area contributed by atoms with Gasteiger partial charge in [0, 0.05) is 12.1 Å². The highest BCUT2D eigenvalue weighted by molar-refractivity contribution is 5.87. The number of methoxy groups -OCH3 is 1. The summed E-state index contributed by atoms with van der Waals surface area (Å²) in [6.07, 6.45) is 2.78. The van der Waals surface area contributed by atoms with Crippen molar-refractivity contribution in [1.82, 2.24) is 4.98 Å². The average Bonchev–Trinajstić information content (AvgIpc) is 2.28.